The third-order valence-electron chi connectivity index (χ3n) is 2.46. The van der Waals surface area contributed by atoms with Gasteiger partial charge in [0.15, 0.2) is 5.11 Å². The molecule has 0 aliphatic carbocycles. The lowest BCUT2D eigenvalue weighted by Crippen LogP contribution is -2.34. The molecule has 0 spiro atoms. The molecular formula is C14H19N3O2S. The monoisotopic (exact) mass is 293 g/mol. The van der Waals surface area contributed by atoms with E-state index in [1.165, 1.54) is 0 Å². The molecule has 0 saturated heterocycles. The summed E-state index contributed by atoms with van der Waals surface area (Å²) in [5.41, 5.74) is 1.18. The van der Waals surface area contributed by atoms with Gasteiger partial charge < -0.3 is 16.0 Å². The minimum Gasteiger partial charge on any atom is -0.355 e. The number of hydrogen-bond donors (Lipinski definition) is 3. The van der Waals surface area contributed by atoms with Gasteiger partial charge in [-0.25, -0.2) is 0 Å². The van der Waals surface area contributed by atoms with Crippen molar-refractivity contribution in [1.29, 1.82) is 0 Å². The Labute approximate surface area is 124 Å². The lowest BCUT2D eigenvalue weighted by Gasteiger charge is -2.11. The Hall–Kier alpha value is -1.95. The summed E-state index contributed by atoms with van der Waals surface area (Å²) < 4.78 is 0. The Kier molecular flexibility index (Phi) is 6.11. The highest BCUT2D eigenvalue weighted by Crippen LogP contribution is 2.10. The van der Waals surface area contributed by atoms with Crippen molar-refractivity contribution in [3.05, 3.63) is 29.8 Å². The Morgan fingerprint density at radius 2 is 2.00 bits per heavy atom. The first-order chi connectivity index (χ1) is 9.42. The largest absolute Gasteiger partial charge is 0.355 e. The summed E-state index contributed by atoms with van der Waals surface area (Å²) in [6.45, 7) is 3.92. The van der Waals surface area contributed by atoms with Crippen molar-refractivity contribution in [2.45, 2.75) is 20.3 Å². The Bertz CT molecular complexity index is 515. The molecule has 6 heteroatoms. The zero-order valence-electron chi connectivity index (χ0n) is 11.8. The fourth-order valence-electron chi connectivity index (χ4n) is 1.59. The number of anilines is 1. The number of benzene rings is 1. The standard InChI is InChI=1S/C14H19N3O2S/c1-9(2)7-12(18)17-14(20)16-11-6-4-5-10(8-11)13(19)15-3/h4-6,8-9H,7H2,1-3H3,(H,15,19)(H2,16,17,18,20). The summed E-state index contributed by atoms with van der Waals surface area (Å²) in [7, 11) is 1.57. The SMILES string of the molecule is CNC(=O)c1cccc(NC(=S)NC(=O)CC(C)C)c1. The molecule has 0 aromatic heterocycles. The van der Waals surface area contributed by atoms with Crippen LogP contribution in [-0.4, -0.2) is 24.0 Å². The lowest BCUT2D eigenvalue weighted by molar-refractivity contribution is -0.120. The summed E-state index contributed by atoms with van der Waals surface area (Å²) in [6.07, 6.45) is 0.417. The van der Waals surface area contributed by atoms with E-state index in [9.17, 15) is 9.59 Å². The van der Waals surface area contributed by atoms with Crippen LogP contribution in [0.3, 0.4) is 0 Å². The van der Waals surface area contributed by atoms with Crippen LogP contribution in [0.25, 0.3) is 0 Å². The molecule has 3 N–H and O–H groups in total. The summed E-state index contributed by atoms with van der Waals surface area (Å²) in [5.74, 6) is -0.0299. The summed E-state index contributed by atoms with van der Waals surface area (Å²) in [5, 5.41) is 8.26. The first-order valence-electron chi connectivity index (χ1n) is 6.35. The Morgan fingerprint density at radius 1 is 1.30 bits per heavy atom. The zero-order valence-corrected chi connectivity index (χ0v) is 12.6. The van der Waals surface area contributed by atoms with Crippen LogP contribution in [0.4, 0.5) is 5.69 Å². The molecule has 0 aliphatic heterocycles. The van der Waals surface area contributed by atoms with Gasteiger partial charge in [-0.15, -0.1) is 0 Å². The zero-order chi connectivity index (χ0) is 15.1. The maximum absolute atomic E-state index is 11.6. The van der Waals surface area contributed by atoms with E-state index >= 15 is 0 Å². The topological polar surface area (TPSA) is 70.2 Å². The van der Waals surface area contributed by atoms with E-state index in [1.54, 1.807) is 31.3 Å². The lowest BCUT2D eigenvalue weighted by atomic mass is 10.1. The van der Waals surface area contributed by atoms with Gasteiger partial charge in [0.2, 0.25) is 5.91 Å². The van der Waals surface area contributed by atoms with Gasteiger partial charge in [-0.1, -0.05) is 19.9 Å². The second-order valence-electron chi connectivity index (χ2n) is 4.76. The quantitative estimate of drug-likeness (QED) is 0.742. The van der Waals surface area contributed by atoms with Crippen LogP contribution >= 0.6 is 12.2 Å². The number of rotatable bonds is 4. The maximum Gasteiger partial charge on any atom is 0.251 e. The fourth-order valence-corrected chi connectivity index (χ4v) is 1.83. The molecular weight excluding hydrogens is 274 g/mol. The minimum atomic E-state index is -0.177. The molecule has 20 heavy (non-hydrogen) atoms. The molecule has 0 unspecified atom stereocenters. The fraction of sp³-hybridized carbons (Fsp3) is 0.357. The number of carbonyl (C=O) groups excluding carboxylic acids is 2. The molecule has 1 rings (SSSR count). The predicted octanol–water partition coefficient (Wildman–Crippen LogP) is 1.91. The van der Waals surface area contributed by atoms with Crippen LogP contribution in [0.15, 0.2) is 24.3 Å². The van der Waals surface area contributed by atoms with Gasteiger partial charge in [0.1, 0.15) is 0 Å². The van der Waals surface area contributed by atoms with E-state index in [-0.39, 0.29) is 22.8 Å². The predicted molar refractivity (Wildman–Crippen MR) is 83.7 cm³/mol. The molecule has 1 aromatic rings. The van der Waals surface area contributed by atoms with Gasteiger partial charge in [-0.3, -0.25) is 9.59 Å². The van der Waals surface area contributed by atoms with E-state index in [4.69, 9.17) is 12.2 Å². The number of amides is 2. The molecule has 0 atom stereocenters. The van der Waals surface area contributed by atoms with E-state index in [2.05, 4.69) is 16.0 Å². The molecule has 0 fully saturated rings. The smallest absolute Gasteiger partial charge is 0.251 e. The molecule has 108 valence electrons. The van der Waals surface area contributed by atoms with E-state index in [1.807, 2.05) is 13.8 Å². The van der Waals surface area contributed by atoms with Gasteiger partial charge in [0.05, 0.1) is 0 Å². The second kappa shape index (κ2) is 7.59. The molecule has 5 nitrogen and oxygen atoms in total. The Morgan fingerprint density at radius 3 is 2.60 bits per heavy atom. The first kappa shape index (κ1) is 16.1. The van der Waals surface area contributed by atoms with Gasteiger partial charge in [0, 0.05) is 24.7 Å². The van der Waals surface area contributed by atoms with Crippen molar-refractivity contribution >= 4 is 34.8 Å². The van der Waals surface area contributed by atoms with Crippen LogP contribution < -0.4 is 16.0 Å². The van der Waals surface area contributed by atoms with E-state index in [0.717, 1.165) is 0 Å². The van der Waals surface area contributed by atoms with E-state index in [0.29, 0.717) is 17.7 Å². The van der Waals surface area contributed by atoms with Crippen LogP contribution in [0.5, 0.6) is 0 Å². The number of carbonyl (C=O) groups is 2. The molecule has 1 aromatic carbocycles. The van der Waals surface area contributed by atoms with Crippen molar-refractivity contribution < 1.29 is 9.59 Å². The number of hydrogen-bond acceptors (Lipinski definition) is 3. The van der Waals surface area contributed by atoms with Crippen LogP contribution in [0.2, 0.25) is 0 Å². The summed E-state index contributed by atoms with van der Waals surface area (Å²) >= 11 is 5.06. The van der Waals surface area contributed by atoms with Crippen LogP contribution in [-0.2, 0) is 4.79 Å². The minimum absolute atomic E-state index is 0.125. The average molecular weight is 293 g/mol. The van der Waals surface area contributed by atoms with Gasteiger partial charge >= 0.3 is 0 Å². The summed E-state index contributed by atoms with van der Waals surface area (Å²) in [6, 6.07) is 6.88. The molecule has 0 bridgehead atoms. The normalized spacial score (nSPS) is 10.0. The van der Waals surface area contributed by atoms with Crippen molar-refractivity contribution in [2.75, 3.05) is 12.4 Å². The maximum atomic E-state index is 11.6. The molecule has 0 saturated carbocycles. The van der Waals surface area contributed by atoms with Crippen molar-refractivity contribution in [3.63, 3.8) is 0 Å². The molecule has 0 heterocycles. The number of thiocarbonyl (C=S) groups is 1. The third kappa shape index (κ3) is 5.36. The van der Waals surface area contributed by atoms with Crippen LogP contribution in [0, 0.1) is 5.92 Å². The number of nitrogens with one attached hydrogen (secondary N) is 3. The van der Waals surface area contributed by atoms with Gasteiger partial charge in [-0.05, 0) is 36.3 Å². The highest BCUT2D eigenvalue weighted by Gasteiger charge is 2.08. The average Bonchev–Trinajstić information content (AvgIpc) is 2.36. The highest BCUT2D eigenvalue weighted by atomic mass is 32.1. The molecule has 0 aliphatic rings. The molecule has 0 radical (unpaired) electrons. The highest BCUT2D eigenvalue weighted by molar-refractivity contribution is 7.80. The van der Waals surface area contributed by atoms with E-state index < -0.39 is 0 Å². The third-order valence-corrected chi connectivity index (χ3v) is 2.66. The molecule has 2 amide bonds. The summed E-state index contributed by atoms with van der Waals surface area (Å²) in [4.78, 5) is 23.1. The Balaban J connectivity index is 2.62. The second-order valence-corrected chi connectivity index (χ2v) is 5.17. The van der Waals surface area contributed by atoms with Crippen molar-refractivity contribution in [1.82, 2.24) is 10.6 Å². The van der Waals surface area contributed by atoms with Crippen LogP contribution in [0.1, 0.15) is 30.6 Å². The van der Waals surface area contributed by atoms with Gasteiger partial charge in [-0.2, -0.15) is 0 Å². The first-order valence-corrected chi connectivity index (χ1v) is 6.76. The van der Waals surface area contributed by atoms with Gasteiger partial charge in [0.25, 0.3) is 5.91 Å². The van der Waals surface area contributed by atoms with Crippen molar-refractivity contribution in [2.24, 2.45) is 5.92 Å². The van der Waals surface area contributed by atoms with Crippen molar-refractivity contribution in [3.8, 4) is 0 Å².